The Morgan fingerprint density at radius 1 is 1.31 bits per heavy atom. The molecule has 0 fully saturated rings. The number of fused-ring (bicyclic) bond motifs is 1. The molecule has 4 heteroatoms. The Morgan fingerprint density at radius 2 is 2.08 bits per heavy atom. The van der Waals surface area contributed by atoms with Gasteiger partial charge in [0.25, 0.3) is 0 Å². The standard InChI is InChI=1S/C9H4ClF2N/c10-8-7(11)3-5-1-2-13-4-6(5)9(8)12/h1-4H. The summed E-state index contributed by atoms with van der Waals surface area (Å²) >= 11 is 5.38. The average Bonchev–Trinajstić information content (AvgIpc) is 2.15. The van der Waals surface area contributed by atoms with Crippen molar-refractivity contribution >= 4 is 22.4 Å². The zero-order valence-electron chi connectivity index (χ0n) is 6.39. The quantitative estimate of drug-likeness (QED) is 0.594. The normalized spacial score (nSPS) is 10.7. The van der Waals surface area contributed by atoms with E-state index in [0.29, 0.717) is 5.39 Å². The topological polar surface area (TPSA) is 12.9 Å². The second-order valence-electron chi connectivity index (χ2n) is 2.58. The van der Waals surface area contributed by atoms with Gasteiger partial charge in [-0.1, -0.05) is 11.6 Å². The Labute approximate surface area is 78.0 Å². The van der Waals surface area contributed by atoms with E-state index < -0.39 is 16.7 Å². The van der Waals surface area contributed by atoms with Crippen molar-refractivity contribution in [1.82, 2.24) is 4.98 Å². The zero-order valence-corrected chi connectivity index (χ0v) is 7.15. The molecule has 66 valence electrons. The van der Waals surface area contributed by atoms with Gasteiger partial charge in [0.05, 0.1) is 0 Å². The fraction of sp³-hybridized carbons (Fsp3) is 0. The van der Waals surface area contributed by atoms with Crippen LogP contribution in [0.4, 0.5) is 8.78 Å². The number of benzene rings is 1. The molecule has 1 heterocycles. The first-order chi connectivity index (χ1) is 6.20. The summed E-state index contributed by atoms with van der Waals surface area (Å²) in [7, 11) is 0. The highest BCUT2D eigenvalue weighted by Gasteiger charge is 2.10. The minimum absolute atomic E-state index is 0.230. The SMILES string of the molecule is Fc1cc2ccncc2c(F)c1Cl. The van der Waals surface area contributed by atoms with Gasteiger partial charge in [-0.25, -0.2) is 8.78 Å². The van der Waals surface area contributed by atoms with Crippen molar-refractivity contribution in [3.8, 4) is 0 Å². The highest BCUT2D eigenvalue weighted by molar-refractivity contribution is 6.31. The lowest BCUT2D eigenvalue weighted by Gasteiger charge is -2.01. The van der Waals surface area contributed by atoms with Gasteiger partial charge in [0.1, 0.15) is 10.8 Å². The van der Waals surface area contributed by atoms with Crippen LogP contribution in [0.3, 0.4) is 0 Å². The minimum Gasteiger partial charge on any atom is -0.264 e. The molecule has 0 aliphatic rings. The van der Waals surface area contributed by atoms with Crippen molar-refractivity contribution in [3.63, 3.8) is 0 Å². The van der Waals surface area contributed by atoms with Gasteiger partial charge in [-0.2, -0.15) is 0 Å². The summed E-state index contributed by atoms with van der Waals surface area (Å²) in [4.78, 5) is 3.72. The Balaban J connectivity index is 2.94. The number of aromatic nitrogens is 1. The van der Waals surface area contributed by atoms with Gasteiger partial charge in [-0.05, 0) is 17.5 Å². The third-order valence-corrected chi connectivity index (χ3v) is 2.12. The number of nitrogens with zero attached hydrogens (tertiary/aromatic N) is 1. The van der Waals surface area contributed by atoms with Gasteiger partial charge >= 0.3 is 0 Å². The van der Waals surface area contributed by atoms with Gasteiger partial charge in [-0.15, -0.1) is 0 Å². The smallest absolute Gasteiger partial charge is 0.154 e. The van der Waals surface area contributed by atoms with Crippen molar-refractivity contribution in [2.45, 2.75) is 0 Å². The molecule has 0 unspecified atom stereocenters. The molecule has 0 spiro atoms. The Morgan fingerprint density at radius 3 is 2.85 bits per heavy atom. The average molecular weight is 200 g/mol. The first kappa shape index (κ1) is 8.38. The van der Waals surface area contributed by atoms with Gasteiger partial charge in [0.2, 0.25) is 0 Å². The van der Waals surface area contributed by atoms with Crippen LogP contribution in [0.1, 0.15) is 0 Å². The van der Waals surface area contributed by atoms with Gasteiger partial charge in [-0.3, -0.25) is 4.98 Å². The molecule has 0 amide bonds. The monoisotopic (exact) mass is 199 g/mol. The predicted octanol–water partition coefficient (Wildman–Crippen LogP) is 3.17. The maximum atomic E-state index is 13.2. The molecule has 0 N–H and O–H groups in total. The van der Waals surface area contributed by atoms with E-state index in [1.54, 1.807) is 0 Å². The van der Waals surface area contributed by atoms with Crippen LogP contribution in [0, 0.1) is 11.6 Å². The molecule has 0 saturated heterocycles. The summed E-state index contributed by atoms with van der Waals surface area (Å²) in [6.45, 7) is 0. The van der Waals surface area contributed by atoms with Crippen LogP contribution >= 0.6 is 11.6 Å². The summed E-state index contributed by atoms with van der Waals surface area (Å²) in [6, 6.07) is 2.71. The molecule has 0 saturated carbocycles. The van der Waals surface area contributed by atoms with Crippen LogP contribution in [0.15, 0.2) is 24.5 Å². The molecular formula is C9H4ClF2N. The van der Waals surface area contributed by atoms with Crippen LogP contribution < -0.4 is 0 Å². The number of halogens is 3. The molecule has 0 atom stereocenters. The van der Waals surface area contributed by atoms with Crippen molar-refractivity contribution < 1.29 is 8.78 Å². The van der Waals surface area contributed by atoms with E-state index in [9.17, 15) is 8.78 Å². The lowest BCUT2D eigenvalue weighted by atomic mass is 10.1. The second-order valence-corrected chi connectivity index (χ2v) is 2.96. The van der Waals surface area contributed by atoms with Crippen molar-refractivity contribution in [2.75, 3.05) is 0 Å². The Bertz CT molecular complexity index is 470. The van der Waals surface area contributed by atoms with Crippen LogP contribution in [-0.2, 0) is 0 Å². The Hall–Kier alpha value is -1.22. The van der Waals surface area contributed by atoms with Crippen LogP contribution in [0.25, 0.3) is 10.8 Å². The maximum absolute atomic E-state index is 13.2. The molecule has 2 rings (SSSR count). The van der Waals surface area contributed by atoms with E-state index in [-0.39, 0.29) is 5.39 Å². The molecule has 0 aliphatic heterocycles. The van der Waals surface area contributed by atoms with Crippen molar-refractivity contribution in [3.05, 3.63) is 41.2 Å². The lowest BCUT2D eigenvalue weighted by Crippen LogP contribution is -1.87. The largest absolute Gasteiger partial charge is 0.264 e. The van der Waals surface area contributed by atoms with E-state index in [1.165, 1.54) is 24.5 Å². The first-order valence-corrected chi connectivity index (χ1v) is 3.95. The number of pyridine rings is 1. The van der Waals surface area contributed by atoms with Crippen molar-refractivity contribution in [2.24, 2.45) is 0 Å². The van der Waals surface area contributed by atoms with E-state index in [2.05, 4.69) is 4.98 Å². The van der Waals surface area contributed by atoms with Crippen LogP contribution in [0.5, 0.6) is 0 Å². The predicted molar refractivity (Wildman–Crippen MR) is 46.7 cm³/mol. The van der Waals surface area contributed by atoms with E-state index >= 15 is 0 Å². The maximum Gasteiger partial charge on any atom is 0.154 e. The molecule has 13 heavy (non-hydrogen) atoms. The summed E-state index contributed by atoms with van der Waals surface area (Å²) in [5.41, 5.74) is 0. The number of hydrogen-bond acceptors (Lipinski definition) is 1. The highest BCUT2D eigenvalue weighted by atomic mass is 35.5. The van der Waals surface area contributed by atoms with Crippen LogP contribution in [0.2, 0.25) is 5.02 Å². The fourth-order valence-electron chi connectivity index (χ4n) is 1.14. The molecule has 1 aromatic carbocycles. The number of rotatable bonds is 0. The van der Waals surface area contributed by atoms with Gasteiger partial charge in [0, 0.05) is 17.8 Å². The molecule has 1 aromatic heterocycles. The fourth-order valence-corrected chi connectivity index (χ4v) is 1.29. The van der Waals surface area contributed by atoms with Gasteiger partial charge < -0.3 is 0 Å². The lowest BCUT2D eigenvalue weighted by molar-refractivity contribution is 0.592. The zero-order chi connectivity index (χ0) is 9.42. The van der Waals surface area contributed by atoms with E-state index in [1.807, 2.05) is 0 Å². The molecule has 0 radical (unpaired) electrons. The van der Waals surface area contributed by atoms with Gasteiger partial charge in [0.15, 0.2) is 5.82 Å². The minimum atomic E-state index is -0.759. The molecule has 0 bridgehead atoms. The second kappa shape index (κ2) is 2.92. The molecule has 0 aliphatic carbocycles. The van der Waals surface area contributed by atoms with E-state index in [0.717, 1.165) is 0 Å². The summed E-state index contributed by atoms with van der Waals surface area (Å²) in [5.74, 6) is -1.51. The summed E-state index contributed by atoms with van der Waals surface area (Å²) < 4.78 is 26.2. The molecule has 1 nitrogen and oxygen atoms in total. The number of hydrogen-bond donors (Lipinski definition) is 0. The summed E-state index contributed by atoms with van der Waals surface area (Å²) in [5, 5.41) is 0.198. The first-order valence-electron chi connectivity index (χ1n) is 3.57. The molecular weight excluding hydrogens is 196 g/mol. The third kappa shape index (κ3) is 1.25. The highest BCUT2D eigenvalue weighted by Crippen LogP contribution is 2.26. The molecule has 2 aromatic rings. The van der Waals surface area contributed by atoms with E-state index in [4.69, 9.17) is 11.6 Å². The van der Waals surface area contributed by atoms with Crippen molar-refractivity contribution in [1.29, 1.82) is 0 Å². The third-order valence-electron chi connectivity index (χ3n) is 1.78. The Kier molecular flexibility index (Phi) is 1.88. The summed E-state index contributed by atoms with van der Waals surface area (Å²) in [6.07, 6.45) is 2.78. The van der Waals surface area contributed by atoms with Crippen LogP contribution in [-0.4, -0.2) is 4.98 Å².